The monoisotopic (exact) mass is 404 g/mol. The average molecular weight is 405 g/mol. The van der Waals surface area contributed by atoms with Gasteiger partial charge in [0.15, 0.2) is 0 Å². The standard InChI is InChI=1S/C23H32O6/c1-15(2)17-8-10-18-7-6-14-23(4,29-22(18)26)20(28-16(3)24)13-12-19(11-9-17)21(25)27-5/h7,9,11,15,20H,6,8,10,12-14H2,1-5H3/b17-9+,19-11+/t20-,23+/m1/s1. The molecule has 0 unspecified atom stereocenters. The molecule has 6 heteroatoms. The Morgan fingerprint density at radius 2 is 1.93 bits per heavy atom. The quantitative estimate of drug-likeness (QED) is 0.518. The van der Waals surface area contributed by atoms with Gasteiger partial charge in [0.1, 0.15) is 11.7 Å². The van der Waals surface area contributed by atoms with Crippen LogP contribution in [0.3, 0.4) is 0 Å². The van der Waals surface area contributed by atoms with Gasteiger partial charge in [0, 0.05) is 18.1 Å². The minimum absolute atomic E-state index is 0.275. The maximum atomic E-state index is 12.8. The van der Waals surface area contributed by atoms with E-state index in [1.54, 1.807) is 13.0 Å². The first-order chi connectivity index (χ1) is 13.7. The lowest BCUT2D eigenvalue weighted by Crippen LogP contribution is -2.45. The zero-order valence-corrected chi connectivity index (χ0v) is 18.1. The number of rotatable bonds is 3. The van der Waals surface area contributed by atoms with Crippen molar-refractivity contribution in [3.63, 3.8) is 0 Å². The third-order valence-corrected chi connectivity index (χ3v) is 5.66. The van der Waals surface area contributed by atoms with E-state index in [2.05, 4.69) is 13.8 Å². The minimum atomic E-state index is -0.954. The molecule has 29 heavy (non-hydrogen) atoms. The van der Waals surface area contributed by atoms with Gasteiger partial charge in [-0.05, 0) is 51.4 Å². The van der Waals surface area contributed by atoms with Gasteiger partial charge in [-0.3, -0.25) is 4.79 Å². The zero-order valence-electron chi connectivity index (χ0n) is 18.1. The van der Waals surface area contributed by atoms with Gasteiger partial charge in [0.25, 0.3) is 0 Å². The molecule has 2 aliphatic rings. The van der Waals surface area contributed by atoms with Crippen LogP contribution in [0.5, 0.6) is 0 Å². The lowest BCUT2D eigenvalue weighted by molar-refractivity contribution is -0.181. The summed E-state index contributed by atoms with van der Waals surface area (Å²) in [5.41, 5.74) is 1.34. The third kappa shape index (κ3) is 6.05. The van der Waals surface area contributed by atoms with E-state index in [1.807, 2.05) is 12.2 Å². The molecule has 0 amide bonds. The second-order valence-electron chi connectivity index (χ2n) is 8.19. The number of fused-ring (bicyclic) bond motifs is 3. The summed E-state index contributed by atoms with van der Waals surface area (Å²) in [5.74, 6) is -0.936. The predicted octanol–water partition coefficient (Wildman–Crippen LogP) is 4.20. The Balaban J connectivity index is 2.48. The number of ether oxygens (including phenoxy) is 3. The molecule has 160 valence electrons. The van der Waals surface area contributed by atoms with Crippen molar-refractivity contribution in [3.05, 3.63) is 34.9 Å². The highest BCUT2D eigenvalue weighted by atomic mass is 16.6. The van der Waals surface area contributed by atoms with Crippen molar-refractivity contribution in [1.82, 2.24) is 0 Å². The Bertz CT molecular complexity index is 742. The molecular formula is C23H32O6. The second-order valence-corrected chi connectivity index (χ2v) is 8.19. The maximum Gasteiger partial charge on any atom is 0.334 e. The number of hydrogen-bond donors (Lipinski definition) is 0. The fraction of sp³-hybridized carbons (Fsp3) is 0.609. The first-order valence-corrected chi connectivity index (χ1v) is 10.2. The largest absolute Gasteiger partial charge is 0.466 e. The molecule has 0 aliphatic carbocycles. The van der Waals surface area contributed by atoms with Gasteiger partial charge in [-0.25, -0.2) is 9.59 Å². The van der Waals surface area contributed by atoms with Crippen LogP contribution < -0.4 is 0 Å². The second kappa shape index (κ2) is 9.90. The smallest absolute Gasteiger partial charge is 0.334 e. The number of carbonyl (C=O) groups excluding carboxylic acids is 3. The molecule has 0 aromatic heterocycles. The molecule has 0 aromatic rings. The number of esters is 3. The highest BCUT2D eigenvalue weighted by molar-refractivity contribution is 5.89. The summed E-state index contributed by atoms with van der Waals surface area (Å²) in [6, 6.07) is 0. The normalized spacial score (nSPS) is 29.5. The van der Waals surface area contributed by atoms with Gasteiger partial charge in [-0.15, -0.1) is 0 Å². The van der Waals surface area contributed by atoms with E-state index >= 15 is 0 Å². The molecule has 2 heterocycles. The lowest BCUT2D eigenvalue weighted by atomic mass is 9.88. The first kappa shape index (κ1) is 22.9. The summed E-state index contributed by atoms with van der Waals surface area (Å²) >= 11 is 0. The number of carbonyl (C=O) groups is 3. The third-order valence-electron chi connectivity index (χ3n) is 5.66. The van der Waals surface area contributed by atoms with Crippen LogP contribution in [0.4, 0.5) is 0 Å². The average Bonchev–Trinajstić information content (AvgIpc) is 2.79. The number of hydrogen-bond acceptors (Lipinski definition) is 6. The van der Waals surface area contributed by atoms with E-state index < -0.39 is 23.6 Å². The Hall–Kier alpha value is -2.37. The van der Waals surface area contributed by atoms with Gasteiger partial charge < -0.3 is 14.2 Å². The summed E-state index contributed by atoms with van der Waals surface area (Å²) in [6.45, 7) is 7.31. The van der Waals surface area contributed by atoms with Crippen molar-refractivity contribution in [2.75, 3.05) is 7.11 Å². The minimum Gasteiger partial charge on any atom is -0.466 e. The van der Waals surface area contributed by atoms with Crippen molar-refractivity contribution in [1.29, 1.82) is 0 Å². The highest BCUT2D eigenvalue weighted by Crippen LogP contribution is 2.34. The van der Waals surface area contributed by atoms with Crippen LogP contribution >= 0.6 is 0 Å². The van der Waals surface area contributed by atoms with Crippen molar-refractivity contribution in [2.45, 2.75) is 77.9 Å². The van der Waals surface area contributed by atoms with Crippen LogP contribution in [-0.4, -0.2) is 36.7 Å². The first-order valence-electron chi connectivity index (χ1n) is 10.2. The Morgan fingerprint density at radius 1 is 1.21 bits per heavy atom. The van der Waals surface area contributed by atoms with Crippen LogP contribution in [0, 0.1) is 5.92 Å². The number of methoxy groups -OCH3 is 1. The molecule has 6 nitrogen and oxygen atoms in total. The van der Waals surface area contributed by atoms with Gasteiger partial charge in [-0.2, -0.15) is 0 Å². The highest BCUT2D eigenvalue weighted by Gasteiger charge is 2.42. The summed E-state index contributed by atoms with van der Waals surface area (Å²) in [6.07, 6.45) is 8.20. The van der Waals surface area contributed by atoms with Gasteiger partial charge >= 0.3 is 17.9 Å². The van der Waals surface area contributed by atoms with Gasteiger partial charge in [0.05, 0.1) is 7.11 Å². The molecule has 0 fully saturated rings. The van der Waals surface area contributed by atoms with Gasteiger partial charge in [-0.1, -0.05) is 37.6 Å². The predicted molar refractivity (Wildman–Crippen MR) is 109 cm³/mol. The van der Waals surface area contributed by atoms with Crippen LogP contribution in [-0.2, 0) is 28.6 Å². The molecule has 2 atom stereocenters. The van der Waals surface area contributed by atoms with Crippen molar-refractivity contribution >= 4 is 17.9 Å². The Morgan fingerprint density at radius 3 is 2.55 bits per heavy atom. The topological polar surface area (TPSA) is 78.9 Å². The SMILES string of the molecule is COC(=O)/C1=C/C=C(/C(C)C)CCC2=CCC[C@](C)(OC2=O)[C@H](OC(C)=O)CC1. The molecule has 0 saturated carbocycles. The molecule has 0 aromatic carbocycles. The van der Waals surface area contributed by atoms with Crippen molar-refractivity contribution in [3.8, 4) is 0 Å². The molecule has 0 spiro atoms. The van der Waals surface area contributed by atoms with E-state index in [0.29, 0.717) is 49.7 Å². The zero-order chi connectivity index (χ0) is 21.6. The summed E-state index contributed by atoms with van der Waals surface area (Å²) < 4.78 is 16.4. The molecule has 2 aliphatic heterocycles. The van der Waals surface area contributed by atoms with Crippen LogP contribution in [0.15, 0.2) is 34.9 Å². The molecule has 0 N–H and O–H groups in total. The lowest BCUT2D eigenvalue weighted by Gasteiger charge is -2.35. The van der Waals surface area contributed by atoms with E-state index in [4.69, 9.17) is 14.2 Å². The van der Waals surface area contributed by atoms with Crippen LogP contribution in [0.1, 0.15) is 66.2 Å². The summed E-state index contributed by atoms with van der Waals surface area (Å²) in [4.78, 5) is 36.8. The van der Waals surface area contributed by atoms with E-state index in [1.165, 1.54) is 14.0 Å². The fourth-order valence-corrected chi connectivity index (χ4v) is 3.79. The molecule has 0 saturated heterocycles. The Labute approximate surface area is 173 Å². The van der Waals surface area contributed by atoms with E-state index in [0.717, 1.165) is 5.57 Å². The molecule has 0 radical (unpaired) electrons. The van der Waals surface area contributed by atoms with Crippen LogP contribution in [0.2, 0.25) is 0 Å². The summed E-state index contributed by atoms with van der Waals surface area (Å²) in [5, 5.41) is 0. The maximum absolute atomic E-state index is 12.8. The molecule has 2 rings (SSSR count). The van der Waals surface area contributed by atoms with E-state index in [-0.39, 0.29) is 11.9 Å². The van der Waals surface area contributed by atoms with Crippen LogP contribution in [0.25, 0.3) is 0 Å². The fourth-order valence-electron chi connectivity index (χ4n) is 3.79. The molecule has 2 bridgehead atoms. The molecular weight excluding hydrogens is 372 g/mol. The number of allylic oxidation sites excluding steroid dienone is 4. The van der Waals surface area contributed by atoms with E-state index in [9.17, 15) is 14.4 Å². The summed E-state index contributed by atoms with van der Waals surface area (Å²) in [7, 11) is 1.35. The van der Waals surface area contributed by atoms with Crippen molar-refractivity contribution < 1.29 is 28.6 Å². The van der Waals surface area contributed by atoms with Gasteiger partial charge in [0.2, 0.25) is 0 Å². The van der Waals surface area contributed by atoms with Crippen molar-refractivity contribution in [2.24, 2.45) is 5.92 Å². The Kier molecular flexibility index (Phi) is 7.82.